The fourth-order valence-electron chi connectivity index (χ4n) is 1.73. The van der Waals surface area contributed by atoms with Crippen molar-refractivity contribution in [3.8, 4) is 0 Å². The molecule has 0 aliphatic carbocycles. The number of anilines is 2. The lowest BCUT2D eigenvalue weighted by molar-refractivity contribution is 0.978. The fraction of sp³-hybridized carbons (Fsp3) is 0.0714. The van der Waals surface area contributed by atoms with Gasteiger partial charge in [-0.15, -0.1) is 10.2 Å². The second-order valence-electron chi connectivity index (χ2n) is 4.25. The Morgan fingerprint density at radius 2 is 1.95 bits per heavy atom. The molecule has 7 heteroatoms. The van der Waals surface area contributed by atoms with Crippen LogP contribution in [0.4, 0.5) is 10.8 Å². The average molecular weight is 337 g/mol. The standard InChI is InChI=1S/C14H10Cl2N4S/c15-11-5-4-10(7-12(11)16)18-14-20-19-13(21-14)8-9-3-1-2-6-17-9/h1-7H,8H2,(H,18,20). The van der Waals surface area contributed by atoms with Crippen LogP contribution in [0.25, 0.3) is 0 Å². The Hall–Kier alpha value is -1.69. The summed E-state index contributed by atoms with van der Waals surface area (Å²) in [6.07, 6.45) is 2.44. The van der Waals surface area contributed by atoms with Crippen molar-refractivity contribution in [1.29, 1.82) is 0 Å². The molecule has 2 aromatic heterocycles. The van der Waals surface area contributed by atoms with Crippen LogP contribution in [0, 0.1) is 0 Å². The van der Waals surface area contributed by atoms with Crippen LogP contribution < -0.4 is 5.32 Å². The molecule has 106 valence electrons. The average Bonchev–Trinajstić information content (AvgIpc) is 2.91. The molecule has 21 heavy (non-hydrogen) atoms. The van der Waals surface area contributed by atoms with E-state index in [1.165, 1.54) is 11.3 Å². The highest BCUT2D eigenvalue weighted by atomic mass is 35.5. The fourth-order valence-corrected chi connectivity index (χ4v) is 2.80. The monoisotopic (exact) mass is 336 g/mol. The number of hydrogen-bond donors (Lipinski definition) is 1. The first kappa shape index (κ1) is 14.3. The summed E-state index contributed by atoms with van der Waals surface area (Å²) in [7, 11) is 0. The number of nitrogens with zero attached hydrogens (tertiary/aromatic N) is 3. The van der Waals surface area contributed by atoms with Crippen molar-refractivity contribution in [3.05, 3.63) is 63.3 Å². The maximum absolute atomic E-state index is 5.98. The quantitative estimate of drug-likeness (QED) is 0.757. The van der Waals surface area contributed by atoms with Crippen LogP contribution in [0.2, 0.25) is 10.0 Å². The van der Waals surface area contributed by atoms with Crippen molar-refractivity contribution in [3.63, 3.8) is 0 Å². The van der Waals surface area contributed by atoms with E-state index in [0.717, 1.165) is 16.4 Å². The van der Waals surface area contributed by atoms with Gasteiger partial charge in [0, 0.05) is 24.0 Å². The molecule has 0 radical (unpaired) electrons. The van der Waals surface area contributed by atoms with Crippen molar-refractivity contribution in [2.24, 2.45) is 0 Å². The summed E-state index contributed by atoms with van der Waals surface area (Å²) in [5.74, 6) is 0. The van der Waals surface area contributed by atoms with E-state index in [9.17, 15) is 0 Å². The Kier molecular flexibility index (Phi) is 4.34. The predicted molar refractivity (Wildman–Crippen MR) is 86.7 cm³/mol. The molecule has 0 fully saturated rings. The zero-order chi connectivity index (χ0) is 14.7. The van der Waals surface area contributed by atoms with Gasteiger partial charge in [0.25, 0.3) is 0 Å². The van der Waals surface area contributed by atoms with E-state index in [0.29, 0.717) is 21.6 Å². The minimum Gasteiger partial charge on any atom is -0.330 e. The first-order valence-corrected chi connectivity index (χ1v) is 7.72. The van der Waals surface area contributed by atoms with Crippen LogP contribution in [0.1, 0.15) is 10.7 Å². The summed E-state index contributed by atoms with van der Waals surface area (Å²) in [5.41, 5.74) is 1.79. The van der Waals surface area contributed by atoms with Gasteiger partial charge in [0.1, 0.15) is 5.01 Å². The zero-order valence-electron chi connectivity index (χ0n) is 10.8. The Morgan fingerprint density at radius 1 is 1.05 bits per heavy atom. The number of halogens is 2. The minimum atomic E-state index is 0.500. The topological polar surface area (TPSA) is 50.7 Å². The maximum atomic E-state index is 5.98. The van der Waals surface area contributed by atoms with Gasteiger partial charge in [-0.3, -0.25) is 4.98 Å². The zero-order valence-corrected chi connectivity index (χ0v) is 13.1. The van der Waals surface area contributed by atoms with Crippen LogP contribution in [0.15, 0.2) is 42.6 Å². The van der Waals surface area contributed by atoms with Gasteiger partial charge in [-0.05, 0) is 30.3 Å². The van der Waals surface area contributed by atoms with Crippen LogP contribution in [0.3, 0.4) is 0 Å². The Labute approximate surface area is 135 Å². The second kappa shape index (κ2) is 6.39. The number of nitrogens with one attached hydrogen (secondary N) is 1. The molecule has 1 aromatic carbocycles. The van der Waals surface area contributed by atoms with Gasteiger partial charge in [-0.25, -0.2) is 0 Å². The van der Waals surface area contributed by atoms with E-state index in [-0.39, 0.29) is 0 Å². The van der Waals surface area contributed by atoms with Gasteiger partial charge in [0.2, 0.25) is 5.13 Å². The van der Waals surface area contributed by atoms with Gasteiger partial charge in [-0.1, -0.05) is 40.6 Å². The minimum absolute atomic E-state index is 0.500. The third-order valence-corrected chi connectivity index (χ3v) is 4.27. The lowest BCUT2D eigenvalue weighted by atomic mass is 10.3. The predicted octanol–water partition coefficient (Wildman–Crippen LogP) is 4.57. The summed E-state index contributed by atoms with van der Waals surface area (Å²) >= 11 is 13.3. The molecule has 0 saturated carbocycles. The van der Waals surface area contributed by atoms with Gasteiger partial charge in [0.05, 0.1) is 10.0 Å². The van der Waals surface area contributed by atoms with Crippen molar-refractivity contribution in [2.75, 3.05) is 5.32 Å². The molecule has 0 amide bonds. The summed E-state index contributed by atoms with van der Waals surface area (Å²) in [4.78, 5) is 4.27. The van der Waals surface area contributed by atoms with Crippen LogP contribution >= 0.6 is 34.5 Å². The number of hydrogen-bond acceptors (Lipinski definition) is 5. The molecule has 0 aliphatic rings. The molecule has 0 bridgehead atoms. The van der Waals surface area contributed by atoms with E-state index >= 15 is 0 Å². The van der Waals surface area contributed by atoms with Crippen LogP contribution in [0.5, 0.6) is 0 Å². The van der Waals surface area contributed by atoms with E-state index in [1.807, 2.05) is 24.3 Å². The highest BCUT2D eigenvalue weighted by Gasteiger charge is 2.07. The molecule has 2 heterocycles. The molecular weight excluding hydrogens is 327 g/mol. The molecule has 4 nitrogen and oxygen atoms in total. The van der Waals surface area contributed by atoms with E-state index in [4.69, 9.17) is 23.2 Å². The van der Waals surface area contributed by atoms with Crippen molar-refractivity contribution < 1.29 is 0 Å². The summed E-state index contributed by atoms with van der Waals surface area (Å²) in [6, 6.07) is 11.1. The normalized spacial score (nSPS) is 10.6. The molecule has 0 aliphatic heterocycles. The van der Waals surface area contributed by atoms with Gasteiger partial charge >= 0.3 is 0 Å². The molecule has 1 N–H and O–H groups in total. The van der Waals surface area contributed by atoms with Gasteiger partial charge < -0.3 is 5.32 Å². The lowest BCUT2D eigenvalue weighted by Crippen LogP contribution is -1.90. The molecule has 3 aromatic rings. The Balaban J connectivity index is 1.71. The molecule has 0 saturated heterocycles. The number of aromatic nitrogens is 3. The molecule has 0 atom stereocenters. The molecule has 0 unspecified atom stereocenters. The molecular formula is C14H10Cl2N4S. The van der Waals surface area contributed by atoms with Crippen LogP contribution in [-0.4, -0.2) is 15.2 Å². The highest BCUT2D eigenvalue weighted by Crippen LogP contribution is 2.28. The lowest BCUT2D eigenvalue weighted by Gasteiger charge is -2.02. The smallest absolute Gasteiger partial charge is 0.210 e. The first-order valence-electron chi connectivity index (χ1n) is 6.15. The Bertz CT molecular complexity index is 746. The highest BCUT2D eigenvalue weighted by molar-refractivity contribution is 7.15. The largest absolute Gasteiger partial charge is 0.330 e. The Morgan fingerprint density at radius 3 is 2.71 bits per heavy atom. The third-order valence-electron chi connectivity index (χ3n) is 2.70. The maximum Gasteiger partial charge on any atom is 0.210 e. The van der Waals surface area contributed by atoms with E-state index in [2.05, 4.69) is 20.5 Å². The van der Waals surface area contributed by atoms with Crippen LogP contribution in [-0.2, 0) is 6.42 Å². The first-order chi connectivity index (χ1) is 10.2. The van der Waals surface area contributed by atoms with E-state index in [1.54, 1.807) is 18.3 Å². The number of benzene rings is 1. The van der Waals surface area contributed by atoms with Gasteiger partial charge in [0.15, 0.2) is 0 Å². The third kappa shape index (κ3) is 3.69. The SMILES string of the molecule is Clc1ccc(Nc2nnc(Cc3ccccn3)s2)cc1Cl. The number of rotatable bonds is 4. The molecule has 0 spiro atoms. The van der Waals surface area contributed by atoms with E-state index < -0.39 is 0 Å². The summed E-state index contributed by atoms with van der Waals surface area (Å²) in [6.45, 7) is 0. The summed E-state index contributed by atoms with van der Waals surface area (Å²) in [5, 5.41) is 14.1. The molecule has 3 rings (SSSR count). The van der Waals surface area contributed by atoms with Crippen molar-refractivity contribution >= 4 is 45.4 Å². The second-order valence-corrected chi connectivity index (χ2v) is 6.13. The van der Waals surface area contributed by atoms with Crippen molar-refractivity contribution in [2.45, 2.75) is 6.42 Å². The number of pyridine rings is 1. The van der Waals surface area contributed by atoms with Gasteiger partial charge in [-0.2, -0.15) is 0 Å². The summed E-state index contributed by atoms with van der Waals surface area (Å²) < 4.78 is 0. The van der Waals surface area contributed by atoms with Crippen molar-refractivity contribution in [1.82, 2.24) is 15.2 Å².